The molecular formula is C21H25F21O4Si. The normalized spacial score (nSPS) is 15.8. The maximum absolute atomic E-state index is 14.0. The van der Waals surface area contributed by atoms with Gasteiger partial charge in [0.05, 0.1) is 6.61 Å². The summed E-state index contributed by atoms with van der Waals surface area (Å²) in [5, 5.41) is 0. The summed E-state index contributed by atoms with van der Waals surface area (Å²) in [6.45, 7) is 2.13. The summed E-state index contributed by atoms with van der Waals surface area (Å²) in [5.41, 5.74) is 0. The zero-order valence-corrected chi connectivity index (χ0v) is 24.7. The maximum atomic E-state index is 14.0. The minimum atomic E-state index is -9.19. The van der Waals surface area contributed by atoms with E-state index < -0.39 is 87.9 Å². The largest absolute Gasteiger partial charge is 0.501 e. The van der Waals surface area contributed by atoms with Gasteiger partial charge in [-0.3, -0.25) is 0 Å². The van der Waals surface area contributed by atoms with Crippen molar-refractivity contribution in [2.45, 2.75) is 99.1 Å². The van der Waals surface area contributed by atoms with E-state index in [1.165, 1.54) is 20.8 Å². The molecule has 0 saturated carbocycles. The lowest BCUT2D eigenvalue weighted by atomic mass is 9.86. The van der Waals surface area contributed by atoms with Gasteiger partial charge in [0, 0.05) is 38.9 Å². The van der Waals surface area contributed by atoms with Gasteiger partial charge in [-0.2, -0.15) is 92.2 Å². The number of alkyl halides is 21. The van der Waals surface area contributed by atoms with Gasteiger partial charge in [0.25, 0.3) is 0 Å². The Morgan fingerprint density at radius 2 is 0.702 bits per heavy atom. The van der Waals surface area contributed by atoms with Crippen molar-refractivity contribution in [2.75, 3.05) is 33.0 Å². The van der Waals surface area contributed by atoms with Crippen molar-refractivity contribution in [3.05, 3.63) is 0 Å². The van der Waals surface area contributed by atoms with Crippen LogP contribution >= 0.6 is 0 Å². The van der Waals surface area contributed by atoms with Gasteiger partial charge in [-0.25, -0.2) is 0 Å². The van der Waals surface area contributed by atoms with Crippen LogP contribution in [0.1, 0.15) is 33.6 Å². The van der Waals surface area contributed by atoms with Crippen LogP contribution in [0.25, 0.3) is 0 Å². The summed E-state index contributed by atoms with van der Waals surface area (Å²) >= 11 is 0. The van der Waals surface area contributed by atoms with Crippen LogP contribution in [-0.4, -0.2) is 101 Å². The minimum absolute atomic E-state index is 0.0400. The molecule has 4 nitrogen and oxygen atoms in total. The summed E-state index contributed by atoms with van der Waals surface area (Å²) in [5.74, 6) is -77.1. The monoisotopic (exact) mass is 768 g/mol. The van der Waals surface area contributed by atoms with E-state index in [1.54, 1.807) is 0 Å². The van der Waals surface area contributed by atoms with Gasteiger partial charge in [-0.15, -0.1) is 0 Å². The zero-order chi connectivity index (χ0) is 38.0. The predicted molar refractivity (Wildman–Crippen MR) is 116 cm³/mol. The fraction of sp³-hybridized carbons (Fsp3) is 1.00. The molecule has 0 rings (SSSR count). The van der Waals surface area contributed by atoms with Crippen LogP contribution < -0.4 is 0 Å². The fourth-order valence-electron chi connectivity index (χ4n) is 3.44. The van der Waals surface area contributed by atoms with E-state index >= 15 is 0 Å². The third-order valence-corrected chi connectivity index (χ3v) is 9.15. The quantitative estimate of drug-likeness (QED) is 0.0664. The lowest BCUT2D eigenvalue weighted by Crippen LogP contribution is -2.76. The highest BCUT2D eigenvalue weighted by atomic mass is 28.4. The molecule has 284 valence electrons. The van der Waals surface area contributed by atoms with Crippen molar-refractivity contribution < 1.29 is 110 Å². The average molecular weight is 768 g/mol. The molecule has 0 saturated heterocycles. The smallest absolute Gasteiger partial charge is 0.381 e. The van der Waals surface area contributed by atoms with Crippen molar-refractivity contribution in [2.24, 2.45) is 0 Å². The van der Waals surface area contributed by atoms with Crippen molar-refractivity contribution in [1.29, 1.82) is 0 Å². The number of rotatable bonds is 21. The van der Waals surface area contributed by atoms with Crippen molar-refractivity contribution in [3.8, 4) is 0 Å². The van der Waals surface area contributed by atoms with Crippen molar-refractivity contribution >= 4 is 8.80 Å². The molecular weight excluding hydrogens is 743 g/mol. The number of ether oxygens (including phenoxy) is 1. The second-order valence-electron chi connectivity index (χ2n) is 9.25. The Hall–Kier alpha value is -1.41. The van der Waals surface area contributed by atoms with Gasteiger partial charge in [0.1, 0.15) is 0 Å². The first-order valence-corrected chi connectivity index (χ1v) is 14.5. The molecule has 0 N–H and O–H groups in total. The molecule has 0 unspecified atom stereocenters. The SMILES string of the molecule is CCO[Si](CCCOCCC(F)(F)C(F)(F)C(F)(F)C(F)(F)C(F)(F)C(F)(F)C(F)(F)C(F)(F)C(F)(F)C(F)(F)F)(OCC)OCC. The van der Waals surface area contributed by atoms with Crippen LogP contribution in [-0.2, 0) is 18.0 Å². The summed E-state index contributed by atoms with van der Waals surface area (Å²) < 4.78 is 303. The molecule has 0 aromatic heterocycles. The Morgan fingerprint density at radius 1 is 0.404 bits per heavy atom. The molecule has 0 aromatic rings. The van der Waals surface area contributed by atoms with E-state index in [1.807, 2.05) is 0 Å². The zero-order valence-electron chi connectivity index (χ0n) is 23.7. The van der Waals surface area contributed by atoms with E-state index in [9.17, 15) is 92.2 Å². The van der Waals surface area contributed by atoms with E-state index in [0.717, 1.165) is 0 Å². The van der Waals surface area contributed by atoms with Crippen LogP contribution in [0.3, 0.4) is 0 Å². The van der Waals surface area contributed by atoms with E-state index in [4.69, 9.17) is 13.3 Å². The predicted octanol–water partition coefficient (Wildman–Crippen LogP) is 9.11. The molecule has 0 aliphatic heterocycles. The van der Waals surface area contributed by atoms with Gasteiger partial charge in [0.15, 0.2) is 0 Å². The first-order valence-electron chi connectivity index (χ1n) is 12.6. The van der Waals surface area contributed by atoms with Crippen molar-refractivity contribution in [1.82, 2.24) is 0 Å². The second-order valence-corrected chi connectivity index (χ2v) is 12.0. The molecule has 0 aromatic carbocycles. The first kappa shape index (κ1) is 45.6. The molecule has 0 fully saturated rings. The molecule has 0 atom stereocenters. The van der Waals surface area contributed by atoms with E-state index in [0.29, 0.717) is 0 Å². The molecule has 0 spiro atoms. The van der Waals surface area contributed by atoms with Crippen molar-refractivity contribution in [3.63, 3.8) is 0 Å². The fourth-order valence-corrected chi connectivity index (χ4v) is 6.02. The Balaban J connectivity index is 6.20. The van der Waals surface area contributed by atoms with Gasteiger partial charge in [-0.05, 0) is 27.2 Å². The number of hydrogen-bond acceptors (Lipinski definition) is 4. The highest BCUT2D eigenvalue weighted by Gasteiger charge is 2.97. The van der Waals surface area contributed by atoms with E-state index in [2.05, 4.69) is 4.74 Å². The second kappa shape index (κ2) is 14.4. The summed E-state index contributed by atoms with van der Waals surface area (Å²) in [6.07, 6.45) is -11.1. The summed E-state index contributed by atoms with van der Waals surface area (Å²) in [6, 6.07) is -0.138. The van der Waals surface area contributed by atoms with Gasteiger partial charge >= 0.3 is 68.3 Å². The molecule has 0 amide bonds. The summed E-state index contributed by atoms with van der Waals surface area (Å²) in [4.78, 5) is 0. The maximum Gasteiger partial charge on any atom is 0.501 e. The molecule has 0 heterocycles. The van der Waals surface area contributed by atoms with Gasteiger partial charge in [-0.1, -0.05) is 0 Å². The summed E-state index contributed by atoms with van der Waals surface area (Å²) in [7, 11) is -3.41. The standard InChI is InChI=1S/C21H25F21O4Si/c1-4-44-47(45-5-2,46-6-3)11-7-9-43-10-8-12(22,23)13(24,25)14(26,27)15(28,29)16(30,31)17(32,33)18(34,35)19(36,37)20(38,39)21(40,41)42/h4-11H2,1-3H3. The first-order chi connectivity index (χ1) is 20.6. The van der Waals surface area contributed by atoms with Gasteiger partial charge < -0.3 is 18.0 Å². The third-order valence-electron chi connectivity index (χ3n) is 6.00. The average Bonchev–Trinajstić information content (AvgIpc) is 2.89. The van der Waals surface area contributed by atoms with Gasteiger partial charge in [0.2, 0.25) is 0 Å². The van der Waals surface area contributed by atoms with Crippen LogP contribution in [0.4, 0.5) is 92.2 Å². The third kappa shape index (κ3) is 7.68. The minimum Gasteiger partial charge on any atom is -0.381 e. The Bertz CT molecular complexity index is 985. The Morgan fingerprint density at radius 3 is 1.00 bits per heavy atom. The number of hydrogen-bond donors (Lipinski definition) is 0. The lowest BCUT2D eigenvalue weighted by Gasteiger charge is -2.44. The molecule has 0 bridgehead atoms. The van der Waals surface area contributed by atoms with Crippen LogP contribution in [0.2, 0.25) is 6.04 Å². The molecule has 47 heavy (non-hydrogen) atoms. The van der Waals surface area contributed by atoms with Crippen LogP contribution in [0.5, 0.6) is 0 Å². The molecule has 0 radical (unpaired) electrons. The van der Waals surface area contributed by atoms with Crippen LogP contribution in [0, 0.1) is 0 Å². The van der Waals surface area contributed by atoms with E-state index in [-0.39, 0.29) is 32.3 Å². The Labute approximate surface area is 252 Å². The number of halogens is 21. The molecule has 26 heteroatoms. The lowest BCUT2D eigenvalue weighted by molar-refractivity contribution is -0.474. The topological polar surface area (TPSA) is 36.9 Å². The Kier molecular flexibility index (Phi) is 14.0. The highest BCUT2D eigenvalue weighted by Crippen LogP contribution is 2.66. The molecule has 0 aliphatic carbocycles. The molecule has 0 aliphatic rings. The van der Waals surface area contributed by atoms with Crippen LogP contribution in [0.15, 0.2) is 0 Å². The highest BCUT2D eigenvalue weighted by molar-refractivity contribution is 6.60.